The Morgan fingerprint density at radius 3 is 2.48 bits per heavy atom. The summed E-state index contributed by atoms with van der Waals surface area (Å²) in [6.45, 7) is 3.60. The number of tetrazole rings is 1. The van der Waals surface area contributed by atoms with Gasteiger partial charge in [0, 0.05) is 16.8 Å². The second-order valence-corrected chi connectivity index (χ2v) is 7.59. The highest BCUT2D eigenvalue weighted by Gasteiger charge is 2.19. The van der Waals surface area contributed by atoms with Gasteiger partial charge in [-0.3, -0.25) is 9.59 Å². The van der Waals surface area contributed by atoms with E-state index in [1.54, 1.807) is 37.3 Å². The van der Waals surface area contributed by atoms with Gasteiger partial charge in [0.2, 0.25) is 0 Å². The van der Waals surface area contributed by atoms with Crippen molar-refractivity contribution >= 4 is 22.6 Å². The fraction of sp³-hybridized carbons (Fsp3) is 0.0800. The van der Waals surface area contributed by atoms with Crippen LogP contribution in [0.5, 0.6) is 0 Å². The minimum atomic E-state index is -0.386. The lowest BCUT2D eigenvalue weighted by Crippen LogP contribution is -2.16. The number of para-hydroxylation sites is 1. The quantitative estimate of drug-likeness (QED) is 0.450. The average molecular weight is 437 g/mol. The number of nitrogens with zero attached hydrogens (tertiary/aromatic N) is 4. The molecule has 5 rings (SSSR count). The van der Waals surface area contributed by atoms with Crippen LogP contribution in [0.2, 0.25) is 0 Å². The van der Waals surface area contributed by atoms with Gasteiger partial charge in [0.15, 0.2) is 11.0 Å². The number of amides is 1. The van der Waals surface area contributed by atoms with Crippen LogP contribution in [0.25, 0.3) is 28.0 Å². The molecule has 8 nitrogen and oxygen atoms in total. The van der Waals surface area contributed by atoms with E-state index < -0.39 is 0 Å². The van der Waals surface area contributed by atoms with Crippen LogP contribution in [-0.2, 0) is 0 Å². The molecule has 0 bridgehead atoms. The molecule has 1 N–H and O–H groups in total. The van der Waals surface area contributed by atoms with Crippen LogP contribution in [0.15, 0.2) is 82.3 Å². The van der Waals surface area contributed by atoms with Gasteiger partial charge in [-0.25, -0.2) is 4.68 Å². The van der Waals surface area contributed by atoms with Crippen molar-refractivity contribution < 1.29 is 9.21 Å². The Balaban J connectivity index is 1.60. The molecule has 3 aromatic carbocycles. The molecule has 0 saturated heterocycles. The molecule has 0 aliphatic carbocycles. The predicted molar refractivity (Wildman–Crippen MR) is 125 cm³/mol. The number of benzene rings is 3. The van der Waals surface area contributed by atoms with Crippen LogP contribution >= 0.6 is 0 Å². The fourth-order valence-electron chi connectivity index (χ4n) is 3.82. The Morgan fingerprint density at radius 2 is 1.73 bits per heavy atom. The molecule has 0 fully saturated rings. The maximum atomic E-state index is 13.3. The summed E-state index contributed by atoms with van der Waals surface area (Å²) in [6.07, 6.45) is 1.49. The summed E-state index contributed by atoms with van der Waals surface area (Å²) in [6, 6.07) is 19.8. The van der Waals surface area contributed by atoms with E-state index in [1.807, 2.05) is 43.3 Å². The van der Waals surface area contributed by atoms with Crippen LogP contribution in [-0.4, -0.2) is 26.1 Å². The molecule has 0 unspecified atom stereocenters. The molecule has 1 amide bonds. The van der Waals surface area contributed by atoms with Gasteiger partial charge in [0.25, 0.3) is 5.91 Å². The number of anilines is 1. The first-order valence-electron chi connectivity index (χ1n) is 10.3. The van der Waals surface area contributed by atoms with Crippen molar-refractivity contribution in [1.29, 1.82) is 0 Å². The summed E-state index contributed by atoms with van der Waals surface area (Å²) >= 11 is 0. The van der Waals surface area contributed by atoms with Gasteiger partial charge >= 0.3 is 0 Å². The third-order valence-electron chi connectivity index (χ3n) is 5.57. The minimum Gasteiger partial charge on any atom is -0.455 e. The van der Waals surface area contributed by atoms with Crippen LogP contribution in [0.1, 0.15) is 21.5 Å². The number of carbonyl (C=O) groups is 1. The van der Waals surface area contributed by atoms with Crippen LogP contribution < -0.4 is 10.7 Å². The lowest BCUT2D eigenvalue weighted by atomic mass is 10.0. The molecular weight excluding hydrogens is 418 g/mol. The second kappa shape index (κ2) is 8.16. The number of hydrogen-bond donors (Lipinski definition) is 1. The Kier molecular flexibility index (Phi) is 5.02. The Labute approximate surface area is 188 Å². The summed E-state index contributed by atoms with van der Waals surface area (Å²) in [5.41, 5.74) is 3.76. The highest BCUT2D eigenvalue weighted by Crippen LogP contribution is 2.28. The molecule has 162 valence electrons. The van der Waals surface area contributed by atoms with E-state index in [0.717, 1.165) is 16.8 Å². The van der Waals surface area contributed by atoms with Crippen molar-refractivity contribution in [2.24, 2.45) is 0 Å². The molecule has 0 radical (unpaired) electrons. The first-order chi connectivity index (χ1) is 16.0. The van der Waals surface area contributed by atoms with Gasteiger partial charge in [-0.05, 0) is 54.1 Å². The maximum absolute atomic E-state index is 13.3. The SMILES string of the molecule is Cc1c(NC(=O)c2cccc3c(=O)c(C)c(-c4ccccc4)oc23)cccc1-n1cnnn1. The number of rotatable bonds is 4. The second-order valence-electron chi connectivity index (χ2n) is 7.59. The van der Waals surface area contributed by atoms with Crippen molar-refractivity contribution in [1.82, 2.24) is 20.2 Å². The summed E-state index contributed by atoms with van der Waals surface area (Å²) in [5.74, 6) is 0.0637. The van der Waals surface area contributed by atoms with Crippen LogP contribution in [0.4, 0.5) is 5.69 Å². The van der Waals surface area contributed by atoms with E-state index >= 15 is 0 Å². The van der Waals surface area contributed by atoms with Gasteiger partial charge in [-0.2, -0.15) is 0 Å². The molecular formula is C25H19N5O3. The zero-order chi connectivity index (χ0) is 22.9. The largest absolute Gasteiger partial charge is 0.455 e. The Morgan fingerprint density at radius 1 is 0.939 bits per heavy atom. The maximum Gasteiger partial charge on any atom is 0.259 e. The van der Waals surface area contributed by atoms with E-state index in [1.165, 1.54) is 11.0 Å². The zero-order valence-electron chi connectivity index (χ0n) is 17.9. The minimum absolute atomic E-state index is 0.165. The van der Waals surface area contributed by atoms with Crippen LogP contribution in [0, 0.1) is 13.8 Å². The number of nitrogens with one attached hydrogen (secondary N) is 1. The highest BCUT2D eigenvalue weighted by atomic mass is 16.3. The van der Waals surface area contributed by atoms with Crippen molar-refractivity contribution in [3.8, 4) is 17.0 Å². The lowest BCUT2D eigenvalue weighted by molar-refractivity contribution is 0.102. The van der Waals surface area contributed by atoms with Crippen molar-refractivity contribution in [3.63, 3.8) is 0 Å². The highest BCUT2D eigenvalue weighted by molar-refractivity contribution is 6.11. The van der Waals surface area contributed by atoms with Gasteiger partial charge in [-0.15, -0.1) is 5.10 Å². The van der Waals surface area contributed by atoms with E-state index in [9.17, 15) is 9.59 Å². The summed E-state index contributed by atoms with van der Waals surface area (Å²) in [5, 5.41) is 14.5. The first kappa shape index (κ1) is 20.3. The van der Waals surface area contributed by atoms with E-state index in [-0.39, 0.29) is 22.5 Å². The number of aromatic nitrogens is 4. The molecule has 0 saturated carbocycles. The van der Waals surface area contributed by atoms with E-state index in [4.69, 9.17) is 4.42 Å². The molecule has 0 aliphatic heterocycles. The number of fused-ring (bicyclic) bond motifs is 1. The van der Waals surface area contributed by atoms with Crippen molar-refractivity contribution in [2.75, 3.05) is 5.32 Å². The third kappa shape index (κ3) is 3.57. The standard InChI is InChI=1S/C25H19N5O3/c1-15-20(12-7-13-21(15)30-14-26-28-29-30)27-25(32)19-11-6-10-18-22(31)16(2)23(33-24(18)19)17-8-4-3-5-9-17/h3-14H,1-2H3,(H,27,32). The predicted octanol–water partition coefficient (Wildman–Crippen LogP) is 4.30. The Hall–Kier alpha value is -4.59. The summed E-state index contributed by atoms with van der Waals surface area (Å²) in [4.78, 5) is 26.4. The summed E-state index contributed by atoms with van der Waals surface area (Å²) in [7, 11) is 0. The Bertz CT molecular complexity index is 1540. The molecule has 0 spiro atoms. The van der Waals surface area contributed by atoms with Gasteiger partial charge in [-0.1, -0.05) is 42.5 Å². The third-order valence-corrected chi connectivity index (χ3v) is 5.57. The van der Waals surface area contributed by atoms with E-state index in [0.29, 0.717) is 22.4 Å². The monoisotopic (exact) mass is 437 g/mol. The topological polar surface area (TPSA) is 103 Å². The normalized spacial score (nSPS) is 11.0. The zero-order valence-corrected chi connectivity index (χ0v) is 17.9. The van der Waals surface area contributed by atoms with Crippen LogP contribution in [0.3, 0.4) is 0 Å². The first-order valence-corrected chi connectivity index (χ1v) is 10.3. The lowest BCUT2D eigenvalue weighted by Gasteiger charge is -2.13. The molecule has 0 aliphatic rings. The number of hydrogen-bond acceptors (Lipinski definition) is 6. The fourth-order valence-corrected chi connectivity index (χ4v) is 3.82. The van der Waals surface area contributed by atoms with Gasteiger partial charge in [0.05, 0.1) is 16.6 Å². The molecule has 0 atom stereocenters. The number of carbonyl (C=O) groups excluding carboxylic acids is 1. The average Bonchev–Trinajstić information content (AvgIpc) is 3.37. The van der Waals surface area contributed by atoms with Gasteiger partial charge in [0.1, 0.15) is 12.1 Å². The molecule has 2 aromatic heterocycles. The summed E-state index contributed by atoms with van der Waals surface area (Å²) < 4.78 is 7.70. The molecule has 33 heavy (non-hydrogen) atoms. The smallest absolute Gasteiger partial charge is 0.259 e. The molecule has 2 heterocycles. The van der Waals surface area contributed by atoms with E-state index in [2.05, 4.69) is 20.8 Å². The van der Waals surface area contributed by atoms with Crippen molar-refractivity contribution in [3.05, 3.63) is 100.0 Å². The van der Waals surface area contributed by atoms with Crippen molar-refractivity contribution in [2.45, 2.75) is 13.8 Å². The molecule has 8 heteroatoms. The van der Waals surface area contributed by atoms with Gasteiger partial charge < -0.3 is 9.73 Å². The molecule has 5 aromatic rings.